The summed E-state index contributed by atoms with van der Waals surface area (Å²) in [4.78, 5) is 51.7. The molecule has 2 aromatic carbocycles. The summed E-state index contributed by atoms with van der Waals surface area (Å²) in [6.45, 7) is 9.37. The molecule has 0 radical (unpaired) electrons. The van der Waals surface area contributed by atoms with Crippen LogP contribution in [0.5, 0.6) is 0 Å². The van der Waals surface area contributed by atoms with Crippen LogP contribution < -0.4 is 21.7 Å². The predicted octanol–water partition coefficient (Wildman–Crippen LogP) is 3.72. The number of amides is 3. The van der Waals surface area contributed by atoms with E-state index in [0.717, 1.165) is 44.3 Å². The Hall–Kier alpha value is -5.09. The molecular formula is C42H55N11O4. The fourth-order valence-corrected chi connectivity index (χ4v) is 9.50. The Morgan fingerprint density at radius 2 is 1.58 bits per heavy atom. The summed E-state index contributed by atoms with van der Waals surface area (Å²) in [7, 11) is 0. The first kappa shape index (κ1) is 38.8. The molecule has 3 aliphatic rings. The molecule has 3 aromatic heterocycles. The van der Waals surface area contributed by atoms with Gasteiger partial charge in [-0.3, -0.25) is 19.7 Å². The van der Waals surface area contributed by atoms with E-state index in [1.807, 2.05) is 81.0 Å². The smallest absolute Gasteiger partial charge is 0.243 e. The Kier molecular flexibility index (Phi) is 10.4. The molecule has 8 N–H and O–H groups in total. The van der Waals surface area contributed by atoms with E-state index in [4.69, 9.17) is 5.73 Å². The van der Waals surface area contributed by atoms with Crippen LogP contribution in [0.4, 0.5) is 0 Å². The molecule has 8 rings (SSSR count). The van der Waals surface area contributed by atoms with Crippen LogP contribution >= 0.6 is 0 Å². The zero-order chi connectivity index (χ0) is 40.1. The second kappa shape index (κ2) is 15.3. The van der Waals surface area contributed by atoms with Gasteiger partial charge in [0, 0.05) is 57.2 Å². The van der Waals surface area contributed by atoms with E-state index in [-0.39, 0.29) is 36.9 Å². The van der Waals surface area contributed by atoms with Crippen LogP contribution in [0.15, 0.2) is 54.7 Å². The largest absolute Gasteiger partial charge is 0.357 e. The molecule has 0 bridgehead atoms. The lowest BCUT2D eigenvalue weighted by Gasteiger charge is -2.51. The standard InChI is InChI=1S/C42H55N11O4/c1-41(2)19-26(20-42(3,4)53(41)57)52-23-25(49-50-52)21-45-38(54)33(15-9-10-16-43)48-39(55)37-18-30-28-12-6-8-14-32(28)47-36(30)24-51(37)40(56)34-17-29-27-11-5-7-13-31(27)46-35(29)22-44-34/h5-8,11-14,23,26,33-34,37,44,46-47,57H,9-10,15-22,24,43H2,1-4H3,(H,45,54)(H,48,55)/t33-,34+,37+/m1/s1. The lowest BCUT2D eigenvalue weighted by atomic mass is 9.79. The molecule has 15 heteroatoms. The van der Waals surface area contributed by atoms with Gasteiger partial charge in [-0.1, -0.05) is 41.6 Å². The molecule has 1 fully saturated rings. The Morgan fingerprint density at radius 1 is 0.930 bits per heavy atom. The number of aromatic nitrogens is 5. The molecule has 1 saturated heterocycles. The van der Waals surface area contributed by atoms with E-state index in [1.54, 1.807) is 4.90 Å². The molecule has 57 heavy (non-hydrogen) atoms. The van der Waals surface area contributed by atoms with Gasteiger partial charge in [0.15, 0.2) is 0 Å². The summed E-state index contributed by atoms with van der Waals surface area (Å²) in [6, 6.07) is 13.9. The molecule has 0 spiro atoms. The van der Waals surface area contributed by atoms with Crippen LogP contribution in [0.2, 0.25) is 0 Å². The molecule has 3 aliphatic heterocycles. The van der Waals surface area contributed by atoms with Crippen molar-refractivity contribution in [3.05, 3.63) is 82.9 Å². The summed E-state index contributed by atoms with van der Waals surface area (Å²) in [5, 5.41) is 32.6. The number of benzene rings is 2. The van der Waals surface area contributed by atoms with E-state index in [2.05, 4.69) is 42.3 Å². The Morgan fingerprint density at radius 3 is 2.26 bits per heavy atom. The van der Waals surface area contributed by atoms with Gasteiger partial charge in [0.2, 0.25) is 17.7 Å². The number of rotatable bonds is 11. The first-order valence-corrected chi connectivity index (χ1v) is 20.2. The molecule has 302 valence electrons. The minimum absolute atomic E-state index is 0.0192. The molecule has 0 unspecified atom stereocenters. The fourth-order valence-electron chi connectivity index (χ4n) is 9.50. The molecule has 3 atom stereocenters. The highest BCUT2D eigenvalue weighted by molar-refractivity contribution is 5.96. The maximum Gasteiger partial charge on any atom is 0.243 e. The van der Waals surface area contributed by atoms with E-state index in [1.165, 1.54) is 5.06 Å². The third kappa shape index (κ3) is 7.56. The third-order valence-electron chi connectivity index (χ3n) is 12.3. The Bertz CT molecular complexity index is 2270. The number of nitrogens with one attached hydrogen (secondary N) is 5. The second-order valence-corrected chi connectivity index (χ2v) is 17.3. The molecule has 5 aromatic rings. The number of unbranched alkanes of at least 4 members (excludes halogenated alkanes) is 1. The second-order valence-electron chi connectivity index (χ2n) is 17.3. The van der Waals surface area contributed by atoms with Gasteiger partial charge >= 0.3 is 0 Å². The number of hydrogen-bond acceptors (Lipinski definition) is 9. The number of hydrogen-bond donors (Lipinski definition) is 7. The van der Waals surface area contributed by atoms with Crippen molar-refractivity contribution in [3.63, 3.8) is 0 Å². The van der Waals surface area contributed by atoms with Crippen LogP contribution in [0, 0.1) is 0 Å². The number of aromatic amines is 2. The third-order valence-corrected chi connectivity index (χ3v) is 12.3. The summed E-state index contributed by atoms with van der Waals surface area (Å²) in [5.41, 5.74) is 11.6. The van der Waals surface area contributed by atoms with Gasteiger partial charge in [-0.05, 0) is 96.0 Å². The molecular weight excluding hydrogens is 723 g/mol. The van der Waals surface area contributed by atoms with Crippen LogP contribution in [0.25, 0.3) is 21.8 Å². The van der Waals surface area contributed by atoms with Crippen molar-refractivity contribution in [1.29, 1.82) is 0 Å². The van der Waals surface area contributed by atoms with Crippen LogP contribution in [0.3, 0.4) is 0 Å². The van der Waals surface area contributed by atoms with Crippen molar-refractivity contribution >= 4 is 39.5 Å². The number of carbonyl (C=O) groups excluding carboxylic acids is 3. The first-order chi connectivity index (χ1) is 27.3. The van der Waals surface area contributed by atoms with Gasteiger partial charge in [-0.2, -0.15) is 5.06 Å². The van der Waals surface area contributed by atoms with Gasteiger partial charge in [-0.25, -0.2) is 4.68 Å². The van der Waals surface area contributed by atoms with Gasteiger partial charge in [0.25, 0.3) is 0 Å². The van der Waals surface area contributed by atoms with E-state index < -0.39 is 29.2 Å². The predicted molar refractivity (Wildman–Crippen MR) is 216 cm³/mol. The fraction of sp³-hybridized carbons (Fsp3) is 0.500. The average Bonchev–Trinajstić information content (AvgIpc) is 3.93. The van der Waals surface area contributed by atoms with Gasteiger partial charge < -0.3 is 36.4 Å². The highest BCUT2D eigenvalue weighted by atomic mass is 16.5. The zero-order valence-corrected chi connectivity index (χ0v) is 33.3. The summed E-state index contributed by atoms with van der Waals surface area (Å²) in [5.74, 6) is -0.866. The highest BCUT2D eigenvalue weighted by Crippen LogP contribution is 2.42. The molecule has 0 aliphatic carbocycles. The lowest BCUT2D eigenvalue weighted by Crippen LogP contribution is -2.60. The van der Waals surface area contributed by atoms with Gasteiger partial charge in [0.05, 0.1) is 31.4 Å². The van der Waals surface area contributed by atoms with E-state index >= 15 is 0 Å². The van der Waals surface area contributed by atoms with Crippen molar-refractivity contribution in [1.82, 2.24) is 50.9 Å². The molecule has 3 amide bonds. The lowest BCUT2D eigenvalue weighted by molar-refractivity contribution is -0.249. The number of fused-ring (bicyclic) bond motifs is 6. The van der Waals surface area contributed by atoms with Crippen LogP contribution in [0.1, 0.15) is 94.0 Å². The number of para-hydroxylation sites is 2. The monoisotopic (exact) mass is 777 g/mol. The van der Waals surface area contributed by atoms with Crippen molar-refractivity contribution in [2.75, 3.05) is 6.54 Å². The molecule has 15 nitrogen and oxygen atoms in total. The number of nitrogens with zero attached hydrogens (tertiary/aromatic N) is 5. The zero-order valence-electron chi connectivity index (χ0n) is 33.3. The van der Waals surface area contributed by atoms with Crippen molar-refractivity contribution in [2.24, 2.45) is 5.73 Å². The van der Waals surface area contributed by atoms with E-state index in [0.29, 0.717) is 63.7 Å². The molecule has 6 heterocycles. The maximum absolute atomic E-state index is 14.6. The summed E-state index contributed by atoms with van der Waals surface area (Å²) >= 11 is 0. The van der Waals surface area contributed by atoms with Crippen LogP contribution in [-0.2, 0) is 46.9 Å². The quantitative estimate of drug-likeness (QED) is 0.0977. The van der Waals surface area contributed by atoms with Gasteiger partial charge in [-0.15, -0.1) is 5.10 Å². The highest BCUT2D eigenvalue weighted by Gasteiger charge is 2.46. The number of carbonyl (C=O) groups is 3. The van der Waals surface area contributed by atoms with Crippen molar-refractivity contribution in [2.45, 2.75) is 128 Å². The normalized spacial score (nSPS) is 21.3. The minimum atomic E-state index is -0.850. The van der Waals surface area contributed by atoms with Crippen molar-refractivity contribution < 1.29 is 19.6 Å². The number of nitrogens with two attached hydrogens (primary N) is 1. The SMILES string of the molecule is CC1(C)CC(n2cc(CNC(=O)[C@@H](CCCCN)NC(=O)[C@@H]3Cc4c([nH]c5ccccc45)CN3C(=O)[C@@H]3Cc4c([nH]c5ccccc45)CN3)nn2)CC(C)(C)N1O. The van der Waals surface area contributed by atoms with Crippen LogP contribution in [-0.4, -0.2) is 93.6 Å². The topological polar surface area (TPSA) is 202 Å². The first-order valence-electron chi connectivity index (χ1n) is 20.2. The molecule has 0 saturated carbocycles. The Balaban J connectivity index is 0.999. The number of H-pyrrole nitrogens is 2. The summed E-state index contributed by atoms with van der Waals surface area (Å²) < 4.78 is 1.83. The number of hydroxylamine groups is 2. The maximum atomic E-state index is 14.6. The number of piperidine rings is 1. The van der Waals surface area contributed by atoms with Gasteiger partial charge in [0.1, 0.15) is 17.8 Å². The van der Waals surface area contributed by atoms with E-state index in [9.17, 15) is 19.6 Å². The van der Waals surface area contributed by atoms with Crippen molar-refractivity contribution in [3.8, 4) is 0 Å². The Labute approximate surface area is 332 Å². The minimum Gasteiger partial charge on any atom is -0.357 e. The average molecular weight is 778 g/mol. The summed E-state index contributed by atoms with van der Waals surface area (Å²) in [6.07, 6.45) is 5.73.